The molecular formula is C15H21N3O3. The lowest BCUT2D eigenvalue weighted by atomic mass is 9.97. The number of pyridine rings is 1. The van der Waals surface area contributed by atoms with Gasteiger partial charge in [0.15, 0.2) is 0 Å². The van der Waals surface area contributed by atoms with Crippen molar-refractivity contribution in [1.82, 2.24) is 15.2 Å². The molecule has 1 aliphatic heterocycles. The van der Waals surface area contributed by atoms with E-state index in [4.69, 9.17) is 5.11 Å². The third-order valence-corrected chi connectivity index (χ3v) is 3.94. The van der Waals surface area contributed by atoms with E-state index in [1.807, 2.05) is 0 Å². The second-order valence-electron chi connectivity index (χ2n) is 5.59. The molecule has 1 amide bonds. The predicted molar refractivity (Wildman–Crippen MR) is 78.5 cm³/mol. The Labute approximate surface area is 124 Å². The Kier molecular flexibility index (Phi) is 4.90. The van der Waals surface area contributed by atoms with Crippen molar-refractivity contribution < 1.29 is 14.7 Å². The highest BCUT2D eigenvalue weighted by atomic mass is 16.4. The van der Waals surface area contributed by atoms with Crippen LogP contribution < -0.4 is 5.32 Å². The average Bonchev–Trinajstić information content (AvgIpc) is 2.45. The number of rotatable bonds is 4. The first-order valence-electron chi connectivity index (χ1n) is 7.15. The molecule has 2 N–H and O–H groups in total. The second kappa shape index (κ2) is 6.67. The zero-order valence-corrected chi connectivity index (χ0v) is 12.4. The molecule has 1 aromatic heterocycles. The summed E-state index contributed by atoms with van der Waals surface area (Å²) in [6.45, 7) is 4.36. The van der Waals surface area contributed by atoms with E-state index in [9.17, 15) is 9.59 Å². The van der Waals surface area contributed by atoms with Crippen molar-refractivity contribution in [2.24, 2.45) is 5.92 Å². The number of nitrogens with zero attached hydrogens (tertiary/aromatic N) is 2. The maximum absolute atomic E-state index is 12.1. The van der Waals surface area contributed by atoms with E-state index in [0.717, 1.165) is 25.9 Å². The summed E-state index contributed by atoms with van der Waals surface area (Å²) in [5.74, 6) is -0.767. The van der Waals surface area contributed by atoms with Crippen molar-refractivity contribution in [3.63, 3.8) is 0 Å². The van der Waals surface area contributed by atoms with Crippen LogP contribution in [0.5, 0.6) is 0 Å². The topological polar surface area (TPSA) is 82.5 Å². The average molecular weight is 291 g/mol. The fourth-order valence-electron chi connectivity index (χ4n) is 2.51. The van der Waals surface area contributed by atoms with Crippen LogP contribution in [0, 0.1) is 12.8 Å². The minimum atomic E-state index is -1.03. The van der Waals surface area contributed by atoms with Crippen LogP contribution in [0.15, 0.2) is 12.1 Å². The number of aromatic carboxylic acids is 1. The molecule has 0 unspecified atom stereocenters. The van der Waals surface area contributed by atoms with Gasteiger partial charge in [0.25, 0.3) is 5.91 Å². The summed E-state index contributed by atoms with van der Waals surface area (Å²) in [6, 6.07) is 2.88. The van der Waals surface area contributed by atoms with Crippen LogP contribution in [-0.4, -0.2) is 53.5 Å². The zero-order valence-electron chi connectivity index (χ0n) is 12.4. The molecule has 1 fully saturated rings. The van der Waals surface area contributed by atoms with E-state index >= 15 is 0 Å². The summed E-state index contributed by atoms with van der Waals surface area (Å²) in [7, 11) is 2.10. The molecule has 0 bridgehead atoms. The summed E-state index contributed by atoms with van der Waals surface area (Å²) in [6.07, 6.45) is 2.17. The van der Waals surface area contributed by atoms with Gasteiger partial charge in [0, 0.05) is 6.54 Å². The highest BCUT2D eigenvalue weighted by Gasteiger charge is 2.18. The Balaban J connectivity index is 1.91. The third-order valence-electron chi connectivity index (χ3n) is 3.94. The molecular weight excluding hydrogens is 270 g/mol. The van der Waals surface area contributed by atoms with Crippen molar-refractivity contribution >= 4 is 11.9 Å². The number of nitrogens with one attached hydrogen (secondary N) is 1. The second-order valence-corrected chi connectivity index (χ2v) is 5.59. The number of carbonyl (C=O) groups excluding carboxylic acids is 1. The Morgan fingerprint density at radius 1 is 1.38 bits per heavy atom. The van der Waals surface area contributed by atoms with Crippen LogP contribution in [0.2, 0.25) is 0 Å². The maximum atomic E-state index is 12.1. The smallest absolute Gasteiger partial charge is 0.337 e. The highest BCUT2D eigenvalue weighted by Crippen LogP contribution is 2.15. The number of aryl methyl sites for hydroxylation is 1. The van der Waals surface area contributed by atoms with Crippen molar-refractivity contribution in [3.05, 3.63) is 29.1 Å². The van der Waals surface area contributed by atoms with E-state index in [2.05, 4.69) is 22.2 Å². The van der Waals surface area contributed by atoms with E-state index < -0.39 is 5.97 Å². The zero-order chi connectivity index (χ0) is 15.4. The molecule has 114 valence electrons. The summed E-state index contributed by atoms with van der Waals surface area (Å²) < 4.78 is 0. The minimum Gasteiger partial charge on any atom is -0.478 e. The Hall–Kier alpha value is -1.95. The van der Waals surface area contributed by atoms with Crippen LogP contribution in [0.1, 0.15) is 39.4 Å². The molecule has 1 aromatic rings. The lowest BCUT2D eigenvalue weighted by Crippen LogP contribution is -2.37. The lowest BCUT2D eigenvalue weighted by molar-refractivity contribution is 0.0694. The molecule has 0 saturated carbocycles. The number of carboxylic acid groups (broad SMARTS) is 1. The normalized spacial score (nSPS) is 16.7. The number of hydrogen-bond acceptors (Lipinski definition) is 4. The Bertz CT molecular complexity index is 537. The summed E-state index contributed by atoms with van der Waals surface area (Å²) in [4.78, 5) is 29.3. The number of piperidine rings is 1. The minimum absolute atomic E-state index is 0.127. The fourth-order valence-corrected chi connectivity index (χ4v) is 2.51. The number of likely N-dealkylation sites (tertiary alicyclic amines) is 1. The molecule has 6 heteroatoms. The molecule has 21 heavy (non-hydrogen) atoms. The number of aromatic nitrogens is 1. The molecule has 6 nitrogen and oxygen atoms in total. The molecule has 0 atom stereocenters. The van der Waals surface area contributed by atoms with Crippen LogP contribution in [0.4, 0.5) is 0 Å². The number of amides is 1. The first kappa shape index (κ1) is 15.4. The van der Waals surface area contributed by atoms with Gasteiger partial charge in [-0.1, -0.05) is 0 Å². The highest BCUT2D eigenvalue weighted by molar-refractivity contribution is 5.94. The van der Waals surface area contributed by atoms with Crippen molar-refractivity contribution in [1.29, 1.82) is 0 Å². The van der Waals surface area contributed by atoms with Gasteiger partial charge in [-0.2, -0.15) is 0 Å². The Morgan fingerprint density at radius 2 is 2.05 bits per heavy atom. The van der Waals surface area contributed by atoms with Gasteiger partial charge in [0.1, 0.15) is 5.69 Å². The van der Waals surface area contributed by atoms with Gasteiger partial charge in [-0.15, -0.1) is 0 Å². The number of hydrogen-bond donors (Lipinski definition) is 2. The fraction of sp³-hybridized carbons (Fsp3) is 0.533. The van der Waals surface area contributed by atoms with Crippen LogP contribution in [0.25, 0.3) is 0 Å². The molecule has 2 rings (SSSR count). The van der Waals surface area contributed by atoms with Gasteiger partial charge in [-0.3, -0.25) is 4.79 Å². The predicted octanol–water partition coefficient (Wildman–Crippen LogP) is 1.16. The van der Waals surface area contributed by atoms with Gasteiger partial charge in [-0.25, -0.2) is 9.78 Å². The number of carbonyl (C=O) groups is 2. The van der Waals surface area contributed by atoms with Crippen molar-refractivity contribution in [3.8, 4) is 0 Å². The van der Waals surface area contributed by atoms with E-state index in [0.29, 0.717) is 18.2 Å². The van der Waals surface area contributed by atoms with Gasteiger partial charge < -0.3 is 15.3 Å². The summed E-state index contributed by atoms with van der Waals surface area (Å²) in [5.41, 5.74) is 0.752. The summed E-state index contributed by atoms with van der Waals surface area (Å²) >= 11 is 0. The molecule has 0 radical (unpaired) electrons. The SMILES string of the molecule is Cc1nc(C(=O)NCC2CCN(C)CC2)ccc1C(=O)O. The molecule has 0 spiro atoms. The van der Waals surface area contributed by atoms with Crippen LogP contribution in [-0.2, 0) is 0 Å². The van der Waals surface area contributed by atoms with E-state index in [1.54, 1.807) is 6.92 Å². The largest absolute Gasteiger partial charge is 0.478 e. The van der Waals surface area contributed by atoms with Gasteiger partial charge in [-0.05, 0) is 58.0 Å². The quantitative estimate of drug-likeness (QED) is 0.870. The summed E-state index contributed by atoms with van der Waals surface area (Å²) in [5, 5.41) is 11.8. The lowest BCUT2D eigenvalue weighted by Gasteiger charge is -2.28. The van der Waals surface area contributed by atoms with Gasteiger partial charge in [0.2, 0.25) is 0 Å². The van der Waals surface area contributed by atoms with E-state index in [-0.39, 0.29) is 17.2 Å². The van der Waals surface area contributed by atoms with Crippen LogP contribution >= 0.6 is 0 Å². The molecule has 1 saturated heterocycles. The van der Waals surface area contributed by atoms with E-state index in [1.165, 1.54) is 12.1 Å². The Morgan fingerprint density at radius 3 is 2.62 bits per heavy atom. The van der Waals surface area contributed by atoms with Crippen LogP contribution in [0.3, 0.4) is 0 Å². The van der Waals surface area contributed by atoms with Gasteiger partial charge in [0.05, 0.1) is 11.3 Å². The monoisotopic (exact) mass is 291 g/mol. The first-order chi connectivity index (χ1) is 9.97. The standard InChI is InChI=1S/C15H21N3O3/c1-10-12(15(20)21)3-4-13(17-10)14(19)16-9-11-5-7-18(2)8-6-11/h3-4,11H,5-9H2,1-2H3,(H,16,19)(H,20,21). The third kappa shape index (κ3) is 4.01. The van der Waals surface area contributed by atoms with Crippen molar-refractivity contribution in [2.75, 3.05) is 26.7 Å². The molecule has 1 aliphatic rings. The molecule has 0 aliphatic carbocycles. The molecule has 0 aromatic carbocycles. The first-order valence-corrected chi connectivity index (χ1v) is 7.15. The molecule has 2 heterocycles. The van der Waals surface area contributed by atoms with Crippen molar-refractivity contribution in [2.45, 2.75) is 19.8 Å². The number of carboxylic acids is 1. The maximum Gasteiger partial charge on any atom is 0.337 e. The van der Waals surface area contributed by atoms with Gasteiger partial charge >= 0.3 is 5.97 Å².